The summed E-state index contributed by atoms with van der Waals surface area (Å²) in [5.74, 6) is 0.375. The van der Waals surface area contributed by atoms with Gasteiger partial charge in [0.05, 0.1) is 19.3 Å². The summed E-state index contributed by atoms with van der Waals surface area (Å²) in [7, 11) is 1.53. The summed E-state index contributed by atoms with van der Waals surface area (Å²) in [6, 6.07) is 7.07. The van der Waals surface area contributed by atoms with Gasteiger partial charge in [-0.25, -0.2) is 0 Å². The molecule has 4 nitrogen and oxygen atoms in total. The normalized spacial score (nSPS) is 11.8. The molecule has 0 bridgehead atoms. The predicted octanol–water partition coefficient (Wildman–Crippen LogP) is 2.06. The van der Waals surface area contributed by atoms with Gasteiger partial charge in [0.1, 0.15) is 5.76 Å². The van der Waals surface area contributed by atoms with Crippen LogP contribution < -0.4 is 5.32 Å². The van der Waals surface area contributed by atoms with Gasteiger partial charge in [0.15, 0.2) is 0 Å². The molecule has 0 saturated heterocycles. The Hall–Kier alpha value is -1.81. The molecule has 1 amide bonds. The van der Waals surface area contributed by atoms with Crippen LogP contribution in [0.25, 0.3) is 0 Å². The highest BCUT2D eigenvalue weighted by atomic mass is 16.5. The lowest BCUT2D eigenvalue weighted by atomic mass is 10.2. The third-order valence-corrected chi connectivity index (χ3v) is 2.54. The zero-order valence-corrected chi connectivity index (χ0v) is 10.3. The fourth-order valence-corrected chi connectivity index (χ4v) is 1.29. The van der Waals surface area contributed by atoms with Gasteiger partial charge in [-0.2, -0.15) is 0 Å². The lowest BCUT2D eigenvalue weighted by molar-refractivity contribution is -0.113. The van der Waals surface area contributed by atoms with Crippen molar-refractivity contribution in [2.75, 3.05) is 12.4 Å². The minimum Gasteiger partial charge on any atom is -0.501 e. The minimum atomic E-state index is -0.209. The van der Waals surface area contributed by atoms with Crippen molar-refractivity contribution >= 4 is 11.6 Å². The molecule has 4 heteroatoms. The van der Waals surface area contributed by atoms with Crippen LogP contribution in [0, 0.1) is 0 Å². The van der Waals surface area contributed by atoms with Gasteiger partial charge in [0, 0.05) is 5.69 Å². The van der Waals surface area contributed by atoms with Crippen molar-refractivity contribution in [1.82, 2.24) is 0 Å². The van der Waals surface area contributed by atoms with Gasteiger partial charge in [-0.05, 0) is 31.5 Å². The number of benzene rings is 1. The van der Waals surface area contributed by atoms with Crippen LogP contribution in [-0.4, -0.2) is 18.1 Å². The fourth-order valence-electron chi connectivity index (χ4n) is 1.29. The molecular formula is C13H17NO3. The number of ether oxygens (including phenoxy) is 1. The number of rotatable bonds is 4. The van der Waals surface area contributed by atoms with Crippen molar-refractivity contribution in [1.29, 1.82) is 0 Å². The van der Waals surface area contributed by atoms with Crippen LogP contribution in [0.5, 0.6) is 0 Å². The Balaban J connectivity index is 2.81. The van der Waals surface area contributed by atoms with Crippen molar-refractivity contribution in [3.05, 3.63) is 41.2 Å². The molecule has 0 spiro atoms. The van der Waals surface area contributed by atoms with E-state index in [-0.39, 0.29) is 12.5 Å². The number of aliphatic hydroxyl groups excluding tert-OH is 1. The van der Waals surface area contributed by atoms with Gasteiger partial charge in [-0.3, -0.25) is 4.79 Å². The highest BCUT2D eigenvalue weighted by molar-refractivity contribution is 6.03. The van der Waals surface area contributed by atoms with Gasteiger partial charge in [0.25, 0.3) is 5.91 Å². The van der Waals surface area contributed by atoms with Gasteiger partial charge in [-0.15, -0.1) is 0 Å². The molecule has 0 aliphatic rings. The molecule has 2 N–H and O–H groups in total. The molecule has 17 heavy (non-hydrogen) atoms. The number of anilines is 1. The number of amides is 1. The monoisotopic (exact) mass is 235 g/mol. The first-order chi connectivity index (χ1) is 8.08. The Labute approximate surface area is 101 Å². The van der Waals surface area contributed by atoms with E-state index in [1.54, 1.807) is 38.1 Å². The third-order valence-electron chi connectivity index (χ3n) is 2.54. The predicted molar refractivity (Wildman–Crippen MR) is 66.4 cm³/mol. The van der Waals surface area contributed by atoms with Gasteiger partial charge in [-0.1, -0.05) is 12.1 Å². The van der Waals surface area contributed by atoms with E-state index in [9.17, 15) is 4.79 Å². The van der Waals surface area contributed by atoms with Crippen LogP contribution >= 0.6 is 0 Å². The van der Waals surface area contributed by atoms with Crippen molar-refractivity contribution in [3.63, 3.8) is 0 Å². The first-order valence-electron chi connectivity index (χ1n) is 5.31. The minimum absolute atomic E-state index is 0.0460. The Bertz CT molecular complexity index is 438. The van der Waals surface area contributed by atoms with Crippen molar-refractivity contribution < 1.29 is 14.6 Å². The lowest BCUT2D eigenvalue weighted by Gasteiger charge is -2.08. The summed E-state index contributed by atoms with van der Waals surface area (Å²) in [6.07, 6.45) is 0. The van der Waals surface area contributed by atoms with Crippen LogP contribution in [0.3, 0.4) is 0 Å². The average molecular weight is 235 g/mol. The Kier molecular flexibility index (Phi) is 4.72. The highest BCUT2D eigenvalue weighted by Crippen LogP contribution is 2.13. The molecule has 1 rings (SSSR count). The van der Waals surface area contributed by atoms with E-state index in [2.05, 4.69) is 5.32 Å². The molecule has 0 unspecified atom stereocenters. The molecule has 0 atom stereocenters. The molecular weight excluding hydrogens is 218 g/mol. The Morgan fingerprint density at radius 2 is 2.12 bits per heavy atom. The maximum Gasteiger partial charge on any atom is 0.254 e. The number of hydrogen-bond donors (Lipinski definition) is 2. The lowest BCUT2D eigenvalue weighted by Crippen LogP contribution is -2.14. The van der Waals surface area contributed by atoms with E-state index in [1.807, 2.05) is 0 Å². The van der Waals surface area contributed by atoms with E-state index in [1.165, 1.54) is 7.11 Å². The van der Waals surface area contributed by atoms with Crippen LogP contribution in [0.2, 0.25) is 0 Å². The molecule has 0 aliphatic heterocycles. The number of aliphatic hydroxyl groups is 1. The number of carbonyl (C=O) groups excluding carboxylic acids is 1. The largest absolute Gasteiger partial charge is 0.501 e. The number of carbonyl (C=O) groups is 1. The van der Waals surface area contributed by atoms with E-state index < -0.39 is 0 Å². The van der Waals surface area contributed by atoms with Crippen LogP contribution in [0.4, 0.5) is 5.69 Å². The summed E-state index contributed by atoms with van der Waals surface area (Å²) in [4.78, 5) is 11.8. The molecule has 0 aromatic heterocycles. The number of allylic oxidation sites excluding steroid dienone is 1. The molecule has 0 radical (unpaired) electrons. The number of hydrogen-bond acceptors (Lipinski definition) is 3. The summed E-state index contributed by atoms with van der Waals surface area (Å²) in [6.45, 7) is 3.39. The third kappa shape index (κ3) is 3.60. The molecule has 0 saturated carbocycles. The smallest absolute Gasteiger partial charge is 0.254 e. The van der Waals surface area contributed by atoms with Crippen LogP contribution in [0.1, 0.15) is 19.4 Å². The summed E-state index contributed by atoms with van der Waals surface area (Å²) in [5, 5.41) is 11.7. The van der Waals surface area contributed by atoms with E-state index >= 15 is 0 Å². The second-order valence-electron chi connectivity index (χ2n) is 3.70. The van der Waals surface area contributed by atoms with Crippen molar-refractivity contribution in [2.45, 2.75) is 20.5 Å². The molecule has 0 aliphatic carbocycles. The number of methoxy groups -OCH3 is 1. The van der Waals surface area contributed by atoms with E-state index in [0.29, 0.717) is 17.0 Å². The molecule has 0 fully saturated rings. The molecule has 92 valence electrons. The Morgan fingerprint density at radius 3 is 2.71 bits per heavy atom. The van der Waals surface area contributed by atoms with Gasteiger partial charge < -0.3 is 15.2 Å². The van der Waals surface area contributed by atoms with Crippen molar-refractivity contribution in [2.24, 2.45) is 0 Å². The SMILES string of the molecule is CO/C(C)=C(\C)C(=O)Nc1cccc(CO)c1. The van der Waals surface area contributed by atoms with Crippen LogP contribution in [0.15, 0.2) is 35.6 Å². The molecule has 0 heterocycles. The summed E-state index contributed by atoms with van der Waals surface area (Å²) in [5.41, 5.74) is 1.94. The summed E-state index contributed by atoms with van der Waals surface area (Å²) >= 11 is 0. The Morgan fingerprint density at radius 1 is 1.41 bits per heavy atom. The number of nitrogens with one attached hydrogen (secondary N) is 1. The maximum atomic E-state index is 11.8. The average Bonchev–Trinajstić information content (AvgIpc) is 2.37. The van der Waals surface area contributed by atoms with Crippen molar-refractivity contribution in [3.8, 4) is 0 Å². The topological polar surface area (TPSA) is 58.6 Å². The van der Waals surface area contributed by atoms with E-state index in [0.717, 1.165) is 5.56 Å². The second-order valence-corrected chi connectivity index (χ2v) is 3.70. The van der Waals surface area contributed by atoms with E-state index in [4.69, 9.17) is 9.84 Å². The molecule has 1 aromatic rings. The first kappa shape index (κ1) is 13.3. The van der Waals surface area contributed by atoms with Gasteiger partial charge >= 0.3 is 0 Å². The van der Waals surface area contributed by atoms with Gasteiger partial charge in [0.2, 0.25) is 0 Å². The molecule has 1 aromatic carbocycles. The standard InChI is InChI=1S/C13H17NO3/c1-9(10(2)17-3)13(16)14-12-6-4-5-11(7-12)8-15/h4-7,15H,8H2,1-3H3,(H,14,16)/b10-9+. The first-order valence-corrected chi connectivity index (χ1v) is 5.31. The fraction of sp³-hybridized carbons (Fsp3) is 0.308. The maximum absolute atomic E-state index is 11.8. The second kappa shape index (κ2) is 6.06. The highest BCUT2D eigenvalue weighted by Gasteiger charge is 2.08. The zero-order valence-electron chi connectivity index (χ0n) is 10.3. The summed E-state index contributed by atoms with van der Waals surface area (Å²) < 4.78 is 4.99. The zero-order chi connectivity index (χ0) is 12.8. The van der Waals surface area contributed by atoms with Crippen LogP contribution in [-0.2, 0) is 16.1 Å². The quantitative estimate of drug-likeness (QED) is 0.620.